The SMILES string of the molecule is CCOc1ccc(CN2CC[C@H]3OCc4cnnn4[C@H]3C2)cc1CO. The van der Waals surface area contributed by atoms with Crippen LogP contribution in [0.25, 0.3) is 0 Å². The molecule has 7 heteroatoms. The third-order valence-electron chi connectivity index (χ3n) is 5.01. The molecule has 1 saturated heterocycles. The fourth-order valence-electron chi connectivity index (χ4n) is 3.80. The van der Waals surface area contributed by atoms with E-state index >= 15 is 0 Å². The van der Waals surface area contributed by atoms with Gasteiger partial charge < -0.3 is 14.6 Å². The monoisotopic (exact) mass is 344 g/mol. The highest BCUT2D eigenvalue weighted by Gasteiger charge is 2.36. The lowest BCUT2D eigenvalue weighted by atomic mass is 9.99. The first kappa shape index (κ1) is 16.5. The van der Waals surface area contributed by atoms with Crippen LogP contribution in [0.15, 0.2) is 24.4 Å². The van der Waals surface area contributed by atoms with Gasteiger partial charge in [-0.3, -0.25) is 4.90 Å². The molecule has 134 valence electrons. The highest BCUT2D eigenvalue weighted by molar-refractivity contribution is 5.37. The lowest BCUT2D eigenvalue weighted by molar-refractivity contribution is -0.0669. The lowest BCUT2D eigenvalue weighted by Crippen LogP contribution is -2.47. The average Bonchev–Trinajstić information content (AvgIpc) is 3.12. The summed E-state index contributed by atoms with van der Waals surface area (Å²) in [7, 11) is 0. The van der Waals surface area contributed by atoms with Crippen LogP contribution in [-0.4, -0.2) is 50.8 Å². The van der Waals surface area contributed by atoms with Gasteiger partial charge in [-0.2, -0.15) is 0 Å². The number of nitrogens with zero attached hydrogens (tertiary/aromatic N) is 4. The van der Waals surface area contributed by atoms with Gasteiger partial charge in [0.15, 0.2) is 0 Å². The molecule has 0 amide bonds. The number of ether oxygens (including phenoxy) is 2. The second-order valence-electron chi connectivity index (χ2n) is 6.64. The van der Waals surface area contributed by atoms with Crippen molar-refractivity contribution in [2.75, 3.05) is 19.7 Å². The van der Waals surface area contributed by atoms with E-state index < -0.39 is 0 Å². The van der Waals surface area contributed by atoms with Crippen molar-refractivity contribution in [3.05, 3.63) is 41.2 Å². The van der Waals surface area contributed by atoms with E-state index in [1.165, 1.54) is 5.56 Å². The van der Waals surface area contributed by atoms with E-state index in [9.17, 15) is 5.11 Å². The Morgan fingerprint density at radius 2 is 2.32 bits per heavy atom. The number of rotatable bonds is 5. The van der Waals surface area contributed by atoms with E-state index in [-0.39, 0.29) is 18.8 Å². The largest absolute Gasteiger partial charge is 0.494 e. The molecular formula is C18H24N4O3. The van der Waals surface area contributed by atoms with E-state index in [1.54, 1.807) is 6.20 Å². The number of fused-ring (bicyclic) bond motifs is 3. The smallest absolute Gasteiger partial charge is 0.124 e. The van der Waals surface area contributed by atoms with Crippen molar-refractivity contribution in [1.29, 1.82) is 0 Å². The minimum atomic E-state index is -0.00989. The molecule has 1 fully saturated rings. The van der Waals surface area contributed by atoms with Gasteiger partial charge in [0.25, 0.3) is 0 Å². The summed E-state index contributed by atoms with van der Waals surface area (Å²) < 4.78 is 13.6. The first-order valence-electron chi connectivity index (χ1n) is 8.87. The van der Waals surface area contributed by atoms with Crippen molar-refractivity contribution in [2.24, 2.45) is 0 Å². The molecule has 0 bridgehead atoms. The number of piperidine rings is 1. The van der Waals surface area contributed by atoms with Gasteiger partial charge in [0.1, 0.15) is 5.75 Å². The Labute approximate surface area is 147 Å². The van der Waals surface area contributed by atoms with Crippen LogP contribution in [0.2, 0.25) is 0 Å². The Morgan fingerprint density at radius 1 is 1.40 bits per heavy atom. The Morgan fingerprint density at radius 3 is 3.16 bits per heavy atom. The van der Waals surface area contributed by atoms with E-state index in [2.05, 4.69) is 21.3 Å². The summed E-state index contributed by atoms with van der Waals surface area (Å²) >= 11 is 0. The molecule has 1 aromatic carbocycles. The molecule has 2 aliphatic heterocycles. The summed E-state index contributed by atoms with van der Waals surface area (Å²) in [6.07, 6.45) is 3.00. The summed E-state index contributed by atoms with van der Waals surface area (Å²) in [6, 6.07) is 6.29. The van der Waals surface area contributed by atoms with Crippen LogP contribution in [0.3, 0.4) is 0 Å². The van der Waals surface area contributed by atoms with Crippen molar-refractivity contribution >= 4 is 0 Å². The molecule has 2 aliphatic rings. The van der Waals surface area contributed by atoms with Crippen LogP contribution in [-0.2, 0) is 24.5 Å². The number of aliphatic hydroxyl groups excluding tert-OH is 1. The van der Waals surface area contributed by atoms with Gasteiger partial charge in [0, 0.05) is 25.2 Å². The highest BCUT2D eigenvalue weighted by Crippen LogP contribution is 2.31. The lowest BCUT2D eigenvalue weighted by Gasteiger charge is -2.41. The molecular weight excluding hydrogens is 320 g/mol. The van der Waals surface area contributed by atoms with Gasteiger partial charge in [0.2, 0.25) is 0 Å². The standard InChI is InChI=1S/C18H24N4O3/c1-2-24-17-4-3-13(7-14(17)11-23)9-21-6-5-18-16(10-21)22-15(12-25-18)8-19-20-22/h3-4,7-8,16,18,23H,2,5-6,9-12H2,1H3/t16-,18+/m0/s1. The number of aliphatic hydroxyl groups is 1. The van der Waals surface area contributed by atoms with Gasteiger partial charge in [0.05, 0.1) is 43.9 Å². The zero-order valence-corrected chi connectivity index (χ0v) is 14.5. The maximum absolute atomic E-state index is 9.59. The van der Waals surface area contributed by atoms with Crippen molar-refractivity contribution in [2.45, 2.75) is 45.2 Å². The van der Waals surface area contributed by atoms with E-state index in [0.717, 1.165) is 43.1 Å². The first-order valence-corrected chi connectivity index (χ1v) is 8.87. The number of aromatic nitrogens is 3. The Balaban J connectivity index is 1.47. The normalized spacial score (nSPS) is 23.1. The van der Waals surface area contributed by atoms with Gasteiger partial charge in [-0.25, -0.2) is 4.68 Å². The summed E-state index contributed by atoms with van der Waals surface area (Å²) in [6.45, 7) is 5.87. The van der Waals surface area contributed by atoms with Crippen LogP contribution in [0.1, 0.15) is 36.2 Å². The van der Waals surface area contributed by atoms with Crippen molar-refractivity contribution in [3.63, 3.8) is 0 Å². The Kier molecular flexibility index (Phi) is 4.70. The van der Waals surface area contributed by atoms with Gasteiger partial charge >= 0.3 is 0 Å². The molecule has 0 aliphatic carbocycles. The van der Waals surface area contributed by atoms with Crippen LogP contribution >= 0.6 is 0 Å². The summed E-state index contributed by atoms with van der Waals surface area (Å²) in [5.74, 6) is 0.764. The number of benzene rings is 1. The fraction of sp³-hybridized carbons (Fsp3) is 0.556. The predicted molar refractivity (Wildman–Crippen MR) is 91.1 cm³/mol. The fourth-order valence-corrected chi connectivity index (χ4v) is 3.80. The average molecular weight is 344 g/mol. The molecule has 0 unspecified atom stereocenters. The minimum absolute atomic E-state index is 0.00989. The summed E-state index contributed by atoms with van der Waals surface area (Å²) in [5, 5.41) is 17.9. The number of hydrogen-bond acceptors (Lipinski definition) is 6. The summed E-state index contributed by atoms with van der Waals surface area (Å²) in [5.41, 5.74) is 3.07. The minimum Gasteiger partial charge on any atom is -0.494 e. The molecule has 7 nitrogen and oxygen atoms in total. The van der Waals surface area contributed by atoms with E-state index in [1.807, 2.05) is 23.7 Å². The van der Waals surface area contributed by atoms with Gasteiger partial charge in [-0.1, -0.05) is 11.3 Å². The molecule has 0 spiro atoms. The second kappa shape index (κ2) is 7.11. The second-order valence-corrected chi connectivity index (χ2v) is 6.64. The van der Waals surface area contributed by atoms with Crippen molar-refractivity contribution in [3.8, 4) is 5.75 Å². The molecule has 0 saturated carbocycles. The molecule has 3 heterocycles. The number of hydrogen-bond donors (Lipinski definition) is 1. The topological polar surface area (TPSA) is 72.6 Å². The molecule has 2 atom stereocenters. The van der Waals surface area contributed by atoms with Crippen LogP contribution in [0.4, 0.5) is 0 Å². The van der Waals surface area contributed by atoms with Crippen LogP contribution < -0.4 is 4.74 Å². The molecule has 1 aromatic heterocycles. The highest BCUT2D eigenvalue weighted by atomic mass is 16.5. The quantitative estimate of drug-likeness (QED) is 0.886. The summed E-state index contributed by atoms with van der Waals surface area (Å²) in [4.78, 5) is 2.41. The molecule has 0 radical (unpaired) electrons. The third-order valence-corrected chi connectivity index (χ3v) is 5.01. The molecule has 2 aromatic rings. The Hall–Kier alpha value is -1.96. The number of likely N-dealkylation sites (tertiary alicyclic amines) is 1. The van der Waals surface area contributed by atoms with Crippen LogP contribution in [0.5, 0.6) is 5.75 Å². The first-order chi connectivity index (χ1) is 12.3. The molecule has 1 N–H and O–H groups in total. The van der Waals surface area contributed by atoms with Crippen molar-refractivity contribution < 1.29 is 14.6 Å². The van der Waals surface area contributed by atoms with Gasteiger partial charge in [-0.15, -0.1) is 5.10 Å². The van der Waals surface area contributed by atoms with E-state index in [4.69, 9.17) is 9.47 Å². The maximum atomic E-state index is 9.59. The van der Waals surface area contributed by atoms with Crippen LogP contribution in [0, 0.1) is 0 Å². The Bertz CT molecular complexity index is 733. The zero-order valence-electron chi connectivity index (χ0n) is 14.5. The van der Waals surface area contributed by atoms with E-state index in [0.29, 0.717) is 13.2 Å². The maximum Gasteiger partial charge on any atom is 0.124 e. The van der Waals surface area contributed by atoms with Gasteiger partial charge in [-0.05, 0) is 31.0 Å². The molecule has 4 rings (SSSR count). The molecule has 25 heavy (non-hydrogen) atoms. The zero-order chi connectivity index (χ0) is 17.2. The van der Waals surface area contributed by atoms with Crippen molar-refractivity contribution in [1.82, 2.24) is 19.9 Å². The predicted octanol–water partition coefficient (Wildman–Crippen LogP) is 1.51. The third kappa shape index (κ3) is 3.27.